The number of nitrogens with zero attached hydrogens (tertiary/aromatic N) is 1. The Bertz CT molecular complexity index is 690. The Labute approximate surface area is 147 Å². The first-order chi connectivity index (χ1) is 10.8. The number of sulfonamides is 1. The minimum Gasteiger partial charge on any atom is -0.497 e. The molecule has 0 heterocycles. The van der Waals surface area contributed by atoms with Gasteiger partial charge in [-0.1, -0.05) is 19.3 Å². The molecule has 10 heteroatoms. The molecule has 3 N–H and O–H groups in total. The number of methoxy groups -OCH3 is 1. The van der Waals surface area contributed by atoms with Gasteiger partial charge in [0, 0.05) is 12.1 Å². The lowest BCUT2D eigenvalue weighted by Crippen LogP contribution is -2.51. The monoisotopic (exact) mass is 379 g/mol. The van der Waals surface area contributed by atoms with Crippen molar-refractivity contribution in [2.45, 2.75) is 42.5 Å². The number of nitrogens with one attached hydrogen (secondary N) is 1. The fourth-order valence-electron chi connectivity index (χ4n) is 2.74. The van der Waals surface area contributed by atoms with Gasteiger partial charge in [-0.05, 0) is 25.0 Å². The van der Waals surface area contributed by atoms with E-state index in [1.807, 2.05) is 0 Å². The molecule has 0 atom stereocenters. The third kappa shape index (κ3) is 4.79. The number of hydrogen-bond acceptors (Lipinski definition) is 6. The molecule has 136 valence electrons. The van der Waals surface area contributed by atoms with Crippen molar-refractivity contribution in [1.82, 2.24) is 4.72 Å². The van der Waals surface area contributed by atoms with Crippen LogP contribution in [0.15, 0.2) is 23.1 Å². The number of benzene rings is 1. The summed E-state index contributed by atoms with van der Waals surface area (Å²) in [6.07, 6.45) is 4.48. The highest BCUT2D eigenvalue weighted by atomic mass is 35.5. The molecule has 0 aliphatic heterocycles. The van der Waals surface area contributed by atoms with E-state index in [0.717, 1.165) is 38.2 Å². The first kappa shape index (κ1) is 20.6. The predicted molar refractivity (Wildman–Crippen MR) is 92.1 cm³/mol. The number of nitro groups is 1. The van der Waals surface area contributed by atoms with E-state index in [-0.39, 0.29) is 29.6 Å². The second kappa shape index (κ2) is 8.11. The lowest BCUT2D eigenvalue weighted by Gasteiger charge is -2.33. The van der Waals surface area contributed by atoms with Gasteiger partial charge in [-0.15, -0.1) is 12.4 Å². The SMILES string of the molecule is COc1ccc(S(=O)(=O)NCC2(N)CCCCC2)c([N+](=O)[O-])c1.Cl. The smallest absolute Gasteiger partial charge is 0.293 e. The normalized spacial score (nSPS) is 16.9. The summed E-state index contributed by atoms with van der Waals surface area (Å²) in [5, 5.41) is 11.1. The van der Waals surface area contributed by atoms with E-state index >= 15 is 0 Å². The fraction of sp³-hybridized carbons (Fsp3) is 0.571. The summed E-state index contributed by atoms with van der Waals surface area (Å²) in [7, 11) is -2.67. The quantitative estimate of drug-likeness (QED) is 0.575. The summed E-state index contributed by atoms with van der Waals surface area (Å²) in [5.41, 5.74) is 5.09. The fourth-order valence-corrected chi connectivity index (χ4v) is 4.03. The van der Waals surface area contributed by atoms with E-state index in [4.69, 9.17) is 10.5 Å². The van der Waals surface area contributed by atoms with Crippen LogP contribution in [0.25, 0.3) is 0 Å². The maximum absolute atomic E-state index is 12.4. The van der Waals surface area contributed by atoms with Crippen molar-refractivity contribution in [3.05, 3.63) is 28.3 Å². The molecule has 0 amide bonds. The molecular formula is C14H22ClN3O5S. The summed E-state index contributed by atoms with van der Waals surface area (Å²) in [4.78, 5) is 10.0. The van der Waals surface area contributed by atoms with E-state index in [1.165, 1.54) is 19.2 Å². The second-order valence-corrected chi connectivity index (χ2v) is 7.57. The summed E-state index contributed by atoms with van der Waals surface area (Å²) in [6, 6.07) is 3.64. The molecule has 1 aliphatic rings. The minimum absolute atomic E-state index is 0. The third-order valence-electron chi connectivity index (χ3n) is 4.12. The zero-order valence-electron chi connectivity index (χ0n) is 13.4. The molecular weight excluding hydrogens is 358 g/mol. The Morgan fingerprint density at radius 1 is 1.33 bits per heavy atom. The molecule has 1 aliphatic carbocycles. The topological polar surface area (TPSA) is 125 Å². The number of halogens is 1. The largest absolute Gasteiger partial charge is 0.497 e. The lowest BCUT2D eigenvalue weighted by atomic mass is 9.83. The zero-order valence-corrected chi connectivity index (χ0v) is 15.0. The van der Waals surface area contributed by atoms with Gasteiger partial charge in [0.15, 0.2) is 4.90 Å². The molecule has 1 saturated carbocycles. The van der Waals surface area contributed by atoms with Crippen molar-refractivity contribution in [3.8, 4) is 5.75 Å². The molecule has 0 unspecified atom stereocenters. The maximum Gasteiger partial charge on any atom is 0.293 e. The molecule has 24 heavy (non-hydrogen) atoms. The van der Waals surface area contributed by atoms with Crippen LogP contribution in [-0.2, 0) is 10.0 Å². The Morgan fingerprint density at radius 2 is 1.96 bits per heavy atom. The van der Waals surface area contributed by atoms with Crippen molar-refractivity contribution in [1.29, 1.82) is 0 Å². The van der Waals surface area contributed by atoms with E-state index in [2.05, 4.69) is 4.72 Å². The van der Waals surface area contributed by atoms with Crippen molar-refractivity contribution in [2.24, 2.45) is 5.73 Å². The highest BCUT2D eigenvalue weighted by Gasteiger charge is 2.32. The predicted octanol–water partition coefficient (Wildman–Crippen LogP) is 1.97. The molecule has 0 bridgehead atoms. The first-order valence-electron chi connectivity index (χ1n) is 7.38. The van der Waals surface area contributed by atoms with Crippen molar-refractivity contribution < 1.29 is 18.1 Å². The Kier molecular flexibility index (Phi) is 6.97. The van der Waals surface area contributed by atoms with Crippen molar-refractivity contribution in [3.63, 3.8) is 0 Å². The average Bonchev–Trinajstić information content (AvgIpc) is 2.53. The van der Waals surface area contributed by atoms with Crippen LogP contribution in [-0.4, -0.2) is 32.5 Å². The molecule has 0 spiro atoms. The number of nitro benzene ring substituents is 1. The van der Waals surface area contributed by atoms with Gasteiger partial charge in [-0.2, -0.15) is 0 Å². The van der Waals surface area contributed by atoms with Crippen LogP contribution in [0, 0.1) is 10.1 Å². The molecule has 0 saturated heterocycles. The number of nitrogens with two attached hydrogens (primary N) is 1. The molecule has 0 radical (unpaired) electrons. The highest BCUT2D eigenvalue weighted by molar-refractivity contribution is 7.89. The number of rotatable bonds is 6. The standard InChI is InChI=1S/C14H21N3O5S.ClH/c1-22-11-5-6-13(12(9-11)17(18)19)23(20,21)16-10-14(15)7-3-2-4-8-14;/h5-6,9,16H,2-4,7-8,10,15H2,1H3;1H. The van der Waals surface area contributed by atoms with Gasteiger partial charge >= 0.3 is 0 Å². The Morgan fingerprint density at radius 3 is 2.50 bits per heavy atom. The van der Waals surface area contributed by atoms with Gasteiger partial charge in [-0.3, -0.25) is 10.1 Å². The van der Waals surface area contributed by atoms with Gasteiger partial charge in [0.25, 0.3) is 5.69 Å². The van der Waals surface area contributed by atoms with Crippen LogP contribution in [0.3, 0.4) is 0 Å². The van der Waals surface area contributed by atoms with Gasteiger partial charge in [-0.25, -0.2) is 13.1 Å². The van der Waals surface area contributed by atoms with Gasteiger partial charge in [0.05, 0.1) is 18.1 Å². The number of hydrogen-bond donors (Lipinski definition) is 2. The van der Waals surface area contributed by atoms with Crippen molar-refractivity contribution in [2.75, 3.05) is 13.7 Å². The van der Waals surface area contributed by atoms with Crippen LogP contribution >= 0.6 is 12.4 Å². The lowest BCUT2D eigenvalue weighted by molar-refractivity contribution is -0.387. The Hall–Kier alpha value is -1.42. The van der Waals surface area contributed by atoms with Crippen LogP contribution in [0.5, 0.6) is 5.75 Å². The number of ether oxygens (including phenoxy) is 1. The van der Waals surface area contributed by atoms with E-state index in [1.54, 1.807) is 0 Å². The van der Waals surface area contributed by atoms with Crippen LogP contribution < -0.4 is 15.2 Å². The van der Waals surface area contributed by atoms with E-state index in [0.29, 0.717) is 0 Å². The molecule has 1 aromatic rings. The van der Waals surface area contributed by atoms with E-state index < -0.39 is 26.2 Å². The van der Waals surface area contributed by atoms with Gasteiger partial charge in [0.2, 0.25) is 10.0 Å². The second-order valence-electron chi connectivity index (χ2n) is 5.84. The van der Waals surface area contributed by atoms with Gasteiger partial charge < -0.3 is 10.5 Å². The maximum atomic E-state index is 12.4. The molecule has 0 aromatic heterocycles. The van der Waals surface area contributed by atoms with Crippen molar-refractivity contribution >= 4 is 28.1 Å². The summed E-state index contributed by atoms with van der Waals surface area (Å²) in [5.74, 6) is 0.221. The average molecular weight is 380 g/mol. The zero-order chi connectivity index (χ0) is 17.1. The third-order valence-corrected chi connectivity index (χ3v) is 5.56. The minimum atomic E-state index is -4.03. The molecule has 8 nitrogen and oxygen atoms in total. The Balaban J connectivity index is 0.00000288. The summed E-state index contributed by atoms with van der Waals surface area (Å²) >= 11 is 0. The molecule has 2 rings (SSSR count). The molecule has 1 fully saturated rings. The van der Waals surface area contributed by atoms with Crippen LogP contribution in [0.2, 0.25) is 0 Å². The summed E-state index contributed by atoms with van der Waals surface area (Å²) in [6.45, 7) is 0.0680. The molecule has 1 aromatic carbocycles. The van der Waals surface area contributed by atoms with Crippen LogP contribution in [0.1, 0.15) is 32.1 Å². The highest BCUT2D eigenvalue weighted by Crippen LogP contribution is 2.29. The summed E-state index contributed by atoms with van der Waals surface area (Å²) < 4.78 is 32.2. The van der Waals surface area contributed by atoms with Crippen LogP contribution in [0.4, 0.5) is 5.69 Å². The van der Waals surface area contributed by atoms with E-state index in [9.17, 15) is 18.5 Å². The first-order valence-corrected chi connectivity index (χ1v) is 8.87. The van der Waals surface area contributed by atoms with Gasteiger partial charge in [0.1, 0.15) is 5.75 Å².